The molecule has 0 aliphatic carbocycles. The molecule has 7 amide bonds. The molecule has 13 atom stereocenters. The molecule has 2 unspecified atom stereocenters. The Kier molecular flexibility index (Phi) is 26.1. The SMILES string of the molecule is CCC(C)[C@H](N[C@@H](O)[C@H](Cc1cnc[nH]1)NC(=O)[C@@H]1CSSC[C@H](NC)C(=O)N2CC(O)C[C@H]2C(=O)N[C@@H](Cc2ccc(O)c(I)c2)[C@@H](O)N[C@@H](CC(=O)O)C(=O)N[C@@H](CC(C)C)C(=O)N1)C(=O)N[C@@H](CC(C)C)C(N)=O. The first-order chi connectivity index (χ1) is 36.3. The largest absolute Gasteiger partial charge is 0.507 e. The first kappa shape index (κ1) is 64.7. The number of nitrogens with one attached hydrogen (secondary N) is 9. The topological polar surface area (TPSA) is 392 Å². The number of nitrogens with two attached hydrogens (primary N) is 1. The quantitative estimate of drug-likeness (QED) is 0.0385. The minimum Gasteiger partial charge on any atom is -0.507 e. The van der Waals surface area contributed by atoms with Crippen molar-refractivity contribution in [2.75, 3.05) is 25.1 Å². The number of carbonyl (C=O) groups is 8. The van der Waals surface area contributed by atoms with E-state index in [0.717, 1.165) is 21.6 Å². The van der Waals surface area contributed by atoms with Crippen LogP contribution < -0.4 is 48.3 Å². The number of aromatic hydroxyl groups is 1. The average Bonchev–Trinajstić information content (AvgIpc) is 4.04. The van der Waals surface area contributed by atoms with E-state index in [1.807, 2.05) is 43.4 Å². The molecule has 28 heteroatoms. The third-order valence-corrected chi connectivity index (χ3v) is 16.5. The summed E-state index contributed by atoms with van der Waals surface area (Å²) in [4.78, 5) is 119. The Morgan fingerprint density at radius 3 is 2.23 bits per heavy atom. The summed E-state index contributed by atoms with van der Waals surface area (Å²) in [6, 6.07) is -6.75. The van der Waals surface area contributed by atoms with Crippen LogP contribution in [0, 0.1) is 21.3 Å². The lowest BCUT2D eigenvalue weighted by Gasteiger charge is -2.33. The van der Waals surface area contributed by atoms with Crippen molar-refractivity contribution >= 4 is 91.5 Å². The van der Waals surface area contributed by atoms with Gasteiger partial charge in [-0.2, -0.15) is 0 Å². The molecule has 0 radical (unpaired) electrons. The molecule has 430 valence electrons. The fraction of sp³-hybridized carbons (Fsp3) is 0.653. The summed E-state index contributed by atoms with van der Waals surface area (Å²) in [5, 5.41) is 76.9. The number of hydrogen-bond donors (Lipinski definition) is 15. The number of fused-ring (bicyclic) bond motifs is 1. The number of carboxylic acids is 1. The normalized spacial score (nSPS) is 25.3. The molecule has 4 rings (SSSR count). The highest BCUT2D eigenvalue weighted by atomic mass is 127. The Balaban J connectivity index is 1.74. The number of aliphatic carboxylic acids is 1. The zero-order chi connectivity index (χ0) is 57.3. The number of amides is 7. The molecule has 1 aromatic carbocycles. The molecule has 2 saturated heterocycles. The van der Waals surface area contributed by atoms with E-state index in [-0.39, 0.29) is 67.7 Å². The predicted octanol–water partition coefficient (Wildman–Crippen LogP) is -1.47. The second kappa shape index (κ2) is 31.1. The number of imidazole rings is 1. The van der Waals surface area contributed by atoms with Crippen LogP contribution in [0.5, 0.6) is 5.75 Å². The summed E-state index contributed by atoms with van der Waals surface area (Å²) in [5.41, 5.74) is 6.63. The number of likely N-dealkylation sites (N-methyl/N-ethyl adjacent to an activating group) is 1. The zero-order valence-electron chi connectivity index (χ0n) is 44.3. The van der Waals surface area contributed by atoms with Crippen molar-refractivity contribution in [1.29, 1.82) is 0 Å². The minimum absolute atomic E-state index is 0.00412. The number of halogens is 1. The van der Waals surface area contributed by atoms with Crippen LogP contribution in [0.1, 0.15) is 84.9 Å². The Hall–Kier alpha value is -4.82. The number of hydrogen-bond acceptors (Lipinski definition) is 18. The second-order valence-corrected chi connectivity index (χ2v) is 24.1. The molecular weight excluding hydrogens is 1160 g/mol. The molecule has 16 N–H and O–H groups in total. The van der Waals surface area contributed by atoms with Gasteiger partial charge in [0.15, 0.2) is 0 Å². The van der Waals surface area contributed by atoms with Crippen LogP contribution in [-0.4, -0.2) is 186 Å². The maximum absolute atomic E-state index is 14.7. The maximum atomic E-state index is 14.7. The minimum atomic E-state index is -1.85. The van der Waals surface area contributed by atoms with Crippen molar-refractivity contribution in [1.82, 2.24) is 57.4 Å². The summed E-state index contributed by atoms with van der Waals surface area (Å²) >= 11 is 1.90. The van der Waals surface area contributed by atoms with Gasteiger partial charge in [-0.3, -0.25) is 49.0 Å². The lowest BCUT2D eigenvalue weighted by Crippen LogP contribution is -2.63. The van der Waals surface area contributed by atoms with Crippen LogP contribution in [0.15, 0.2) is 30.7 Å². The highest BCUT2D eigenvalue weighted by Crippen LogP contribution is 2.27. The average molecular weight is 1230 g/mol. The fourth-order valence-corrected chi connectivity index (χ4v) is 11.8. The number of phenols is 1. The number of benzene rings is 1. The molecular formula is C49H77IN12O13S2. The van der Waals surface area contributed by atoms with Crippen LogP contribution in [0.25, 0.3) is 0 Å². The number of nitrogens with zero attached hydrogens (tertiary/aromatic N) is 2. The lowest BCUT2D eigenvalue weighted by molar-refractivity contribution is -0.141. The van der Waals surface area contributed by atoms with Crippen LogP contribution in [0.4, 0.5) is 0 Å². The standard InChI is InChI=1S/C49H77IN12O13S2/c1-8-25(6)40(48(74)55-30(41(51)67)11-23(2)3)61-45(71)33(15-27-18-53-22-54-27)57-46(72)35-20-76-77-21-36(52-7)49(75)62-19-28(63)16-37(62)47(73)59-32(14-26-9-10-38(64)29(50)13-26)43(69)58-34(17-39(65)66)44(70)56-31(12-24(4)5)42(68)60-35/h9-10,13,18,22-25,28,30-37,40,43,45,52,58,61,63-64,69,71H,8,11-12,14-17,19-21H2,1-7H3,(H2,51,67)(H,53,54)(H,55,74)(H,56,70)(H,57,72)(H,59,73)(H,60,68)(H,65,66)/t25?,28?,30-,31-,32-,33-,34-,35-,36-,37-,40-,43+,45-/m0/s1. The summed E-state index contributed by atoms with van der Waals surface area (Å²) in [5.74, 6) is -7.60. The number of aliphatic hydroxyl groups is 3. The highest BCUT2D eigenvalue weighted by Gasteiger charge is 2.43. The van der Waals surface area contributed by atoms with Gasteiger partial charge in [-0.1, -0.05) is 75.6 Å². The lowest BCUT2D eigenvalue weighted by atomic mass is 9.96. The van der Waals surface area contributed by atoms with Gasteiger partial charge in [0, 0.05) is 42.8 Å². The van der Waals surface area contributed by atoms with Crippen molar-refractivity contribution in [3.63, 3.8) is 0 Å². The van der Waals surface area contributed by atoms with Gasteiger partial charge in [0.05, 0.1) is 52.6 Å². The van der Waals surface area contributed by atoms with Gasteiger partial charge in [0.2, 0.25) is 41.4 Å². The Morgan fingerprint density at radius 2 is 1.64 bits per heavy atom. The first-order valence-corrected chi connectivity index (χ1v) is 29.1. The van der Waals surface area contributed by atoms with Crippen molar-refractivity contribution in [3.05, 3.63) is 45.6 Å². The number of primary amides is 1. The Labute approximate surface area is 469 Å². The molecule has 0 bridgehead atoms. The zero-order valence-corrected chi connectivity index (χ0v) is 48.1. The van der Waals surface area contributed by atoms with Gasteiger partial charge in [-0.25, -0.2) is 4.98 Å². The van der Waals surface area contributed by atoms with Gasteiger partial charge in [0.1, 0.15) is 42.4 Å². The van der Waals surface area contributed by atoms with E-state index in [0.29, 0.717) is 21.2 Å². The van der Waals surface area contributed by atoms with E-state index in [1.54, 1.807) is 32.9 Å². The second-order valence-electron chi connectivity index (χ2n) is 20.4. The number of aromatic nitrogens is 2. The monoisotopic (exact) mass is 1230 g/mol. The number of aromatic amines is 1. The number of carboxylic acid groups (broad SMARTS) is 1. The van der Waals surface area contributed by atoms with Gasteiger partial charge >= 0.3 is 5.97 Å². The van der Waals surface area contributed by atoms with Crippen molar-refractivity contribution in [3.8, 4) is 5.75 Å². The molecule has 2 aliphatic heterocycles. The molecule has 1 aromatic heterocycles. The number of aliphatic hydroxyl groups excluding tert-OH is 3. The smallest absolute Gasteiger partial charge is 0.305 e. The summed E-state index contributed by atoms with van der Waals surface area (Å²) in [7, 11) is 3.79. The molecule has 0 saturated carbocycles. The van der Waals surface area contributed by atoms with Gasteiger partial charge < -0.3 is 73.1 Å². The third-order valence-electron chi connectivity index (χ3n) is 13.2. The van der Waals surface area contributed by atoms with Crippen molar-refractivity contribution in [2.45, 2.75) is 159 Å². The molecule has 2 aromatic rings. The van der Waals surface area contributed by atoms with E-state index < -0.39 is 133 Å². The summed E-state index contributed by atoms with van der Waals surface area (Å²) in [6.45, 7) is 10.7. The van der Waals surface area contributed by atoms with Crippen molar-refractivity contribution in [2.24, 2.45) is 23.5 Å². The molecule has 25 nitrogen and oxygen atoms in total. The summed E-state index contributed by atoms with van der Waals surface area (Å²) < 4.78 is 0.442. The van der Waals surface area contributed by atoms with Crippen LogP contribution in [-0.2, 0) is 51.2 Å². The van der Waals surface area contributed by atoms with Gasteiger partial charge in [-0.05, 0) is 84.4 Å². The number of rotatable bonds is 21. The van der Waals surface area contributed by atoms with Crippen LogP contribution >= 0.6 is 44.2 Å². The maximum Gasteiger partial charge on any atom is 0.305 e. The van der Waals surface area contributed by atoms with Crippen LogP contribution in [0.2, 0.25) is 0 Å². The first-order valence-electron chi connectivity index (χ1n) is 25.6. The van der Waals surface area contributed by atoms with E-state index in [2.05, 4.69) is 52.5 Å². The van der Waals surface area contributed by atoms with Gasteiger partial charge in [0.25, 0.3) is 0 Å². The van der Waals surface area contributed by atoms with E-state index in [4.69, 9.17) is 5.73 Å². The van der Waals surface area contributed by atoms with E-state index in [9.17, 15) is 63.9 Å². The molecule has 77 heavy (non-hydrogen) atoms. The van der Waals surface area contributed by atoms with E-state index >= 15 is 0 Å². The number of phenolic OH excluding ortho intramolecular Hbond substituents is 1. The van der Waals surface area contributed by atoms with Gasteiger partial charge in [-0.15, -0.1) is 0 Å². The fourth-order valence-electron chi connectivity index (χ4n) is 8.79. The summed E-state index contributed by atoms with van der Waals surface area (Å²) in [6.07, 6.45) is -2.28. The number of carbonyl (C=O) groups excluding carboxylic acids is 7. The van der Waals surface area contributed by atoms with E-state index in [1.165, 1.54) is 30.5 Å². The van der Waals surface area contributed by atoms with Crippen molar-refractivity contribution < 1.29 is 63.9 Å². The number of H-pyrrole nitrogens is 1. The molecule has 2 aliphatic rings. The molecule has 0 spiro atoms. The highest BCUT2D eigenvalue weighted by molar-refractivity contribution is 14.1. The third kappa shape index (κ3) is 20.1. The molecule has 2 fully saturated rings. The predicted molar refractivity (Wildman–Crippen MR) is 296 cm³/mol. The van der Waals surface area contributed by atoms with Crippen LogP contribution in [0.3, 0.4) is 0 Å². The Bertz CT molecular complexity index is 2320. The Morgan fingerprint density at radius 1 is 0.948 bits per heavy atom. The molecule has 3 heterocycles.